The van der Waals surface area contributed by atoms with Gasteiger partial charge in [-0.2, -0.15) is 0 Å². The summed E-state index contributed by atoms with van der Waals surface area (Å²) in [4.78, 5) is 12.0. The van der Waals surface area contributed by atoms with E-state index in [1.54, 1.807) is 12.1 Å². The topological polar surface area (TPSA) is 81.9 Å². The van der Waals surface area contributed by atoms with Gasteiger partial charge in [0.25, 0.3) is 0 Å². The van der Waals surface area contributed by atoms with Crippen molar-refractivity contribution in [2.24, 2.45) is 0 Å². The fraction of sp³-hybridized carbons (Fsp3) is 0.263. The van der Waals surface area contributed by atoms with Gasteiger partial charge in [0.05, 0.1) is 19.1 Å². The molecule has 8 heteroatoms. The van der Waals surface area contributed by atoms with E-state index in [1.165, 1.54) is 12.1 Å². The van der Waals surface area contributed by atoms with Gasteiger partial charge in [-0.3, -0.25) is 4.79 Å². The van der Waals surface area contributed by atoms with Crippen LogP contribution in [0.5, 0.6) is 5.75 Å². The van der Waals surface area contributed by atoms with Crippen molar-refractivity contribution in [3.63, 3.8) is 0 Å². The number of rotatable bonds is 7. The summed E-state index contributed by atoms with van der Waals surface area (Å²) in [5, 5.41) is 14.7. The van der Waals surface area contributed by atoms with E-state index in [-0.39, 0.29) is 24.8 Å². The lowest BCUT2D eigenvalue weighted by Gasteiger charge is -2.08. The average molecular weight is 367 g/mol. The van der Waals surface area contributed by atoms with E-state index in [0.717, 1.165) is 24.2 Å². The van der Waals surface area contributed by atoms with Crippen LogP contribution in [0.25, 0.3) is 11.4 Å². The number of hydrogen-bond donors (Lipinski definition) is 1. The Bertz CT molecular complexity index is 937. The van der Waals surface area contributed by atoms with E-state index in [9.17, 15) is 9.18 Å². The normalized spacial score (nSPS) is 13.4. The Labute approximate surface area is 155 Å². The molecule has 0 atom stereocenters. The molecular weight excluding hydrogens is 349 g/mol. The third-order valence-electron chi connectivity index (χ3n) is 4.21. The molecule has 0 spiro atoms. The second-order valence-corrected chi connectivity index (χ2v) is 6.36. The number of nitrogens with zero attached hydrogens (tertiary/aromatic N) is 4. The van der Waals surface area contributed by atoms with E-state index in [0.29, 0.717) is 17.5 Å². The van der Waals surface area contributed by atoms with Crippen LogP contribution >= 0.6 is 0 Å². The highest BCUT2D eigenvalue weighted by Gasteiger charge is 2.28. The van der Waals surface area contributed by atoms with Crippen molar-refractivity contribution >= 4 is 11.6 Å². The Hall–Kier alpha value is -3.29. The molecule has 1 N–H and O–H groups in total. The zero-order valence-corrected chi connectivity index (χ0v) is 14.5. The first-order valence-corrected chi connectivity index (χ1v) is 8.75. The Kier molecular flexibility index (Phi) is 4.78. The number of halogens is 1. The molecule has 0 aliphatic heterocycles. The van der Waals surface area contributed by atoms with E-state index >= 15 is 0 Å². The third-order valence-corrected chi connectivity index (χ3v) is 4.21. The predicted molar refractivity (Wildman–Crippen MR) is 96.7 cm³/mol. The molecule has 27 heavy (non-hydrogen) atoms. The van der Waals surface area contributed by atoms with E-state index in [2.05, 4.69) is 20.8 Å². The van der Waals surface area contributed by atoms with Crippen molar-refractivity contribution in [3.05, 3.63) is 54.3 Å². The quantitative estimate of drug-likeness (QED) is 0.693. The summed E-state index contributed by atoms with van der Waals surface area (Å²) in [5.74, 6) is 0.589. The highest BCUT2D eigenvalue weighted by Crippen LogP contribution is 2.36. The Morgan fingerprint density at radius 3 is 2.78 bits per heavy atom. The SMILES string of the molecule is O=C(CCOc1cccc(F)c1)Nc1ccc(-c2nnnn2C2CC2)cc1. The highest BCUT2D eigenvalue weighted by molar-refractivity contribution is 5.91. The predicted octanol–water partition coefficient (Wildman–Crippen LogP) is 3.22. The van der Waals surface area contributed by atoms with Crippen LogP contribution in [0.3, 0.4) is 0 Å². The van der Waals surface area contributed by atoms with Gasteiger partial charge in [0, 0.05) is 17.3 Å². The van der Waals surface area contributed by atoms with Gasteiger partial charge < -0.3 is 10.1 Å². The minimum atomic E-state index is -0.371. The summed E-state index contributed by atoms with van der Waals surface area (Å²) < 4.78 is 20.3. The molecule has 1 aliphatic rings. The molecule has 0 unspecified atom stereocenters. The molecule has 2 aromatic carbocycles. The van der Waals surface area contributed by atoms with Crippen molar-refractivity contribution in [1.29, 1.82) is 0 Å². The molecule has 1 aromatic heterocycles. The maximum Gasteiger partial charge on any atom is 0.227 e. The van der Waals surface area contributed by atoms with Crippen molar-refractivity contribution < 1.29 is 13.9 Å². The highest BCUT2D eigenvalue weighted by atomic mass is 19.1. The zero-order valence-electron chi connectivity index (χ0n) is 14.5. The molecule has 138 valence electrons. The Morgan fingerprint density at radius 1 is 1.22 bits per heavy atom. The number of carbonyl (C=O) groups excluding carboxylic acids is 1. The Balaban J connectivity index is 1.30. The number of tetrazole rings is 1. The number of anilines is 1. The van der Waals surface area contributed by atoms with Crippen LogP contribution in [-0.4, -0.2) is 32.7 Å². The maximum absolute atomic E-state index is 13.1. The lowest BCUT2D eigenvalue weighted by molar-refractivity contribution is -0.116. The van der Waals surface area contributed by atoms with E-state index in [4.69, 9.17) is 4.74 Å². The summed E-state index contributed by atoms with van der Waals surface area (Å²) in [5.41, 5.74) is 1.58. The maximum atomic E-state index is 13.1. The summed E-state index contributed by atoms with van der Waals surface area (Å²) >= 11 is 0. The molecule has 1 heterocycles. The molecule has 3 aromatic rings. The minimum Gasteiger partial charge on any atom is -0.493 e. The van der Waals surface area contributed by atoms with Crippen LogP contribution in [0.15, 0.2) is 48.5 Å². The van der Waals surface area contributed by atoms with Crippen LogP contribution in [0, 0.1) is 5.82 Å². The average Bonchev–Trinajstić information content (AvgIpc) is 3.39. The van der Waals surface area contributed by atoms with Gasteiger partial charge >= 0.3 is 0 Å². The van der Waals surface area contributed by atoms with Gasteiger partial charge in [0.15, 0.2) is 5.82 Å². The van der Waals surface area contributed by atoms with Crippen LogP contribution in [0.4, 0.5) is 10.1 Å². The first-order valence-electron chi connectivity index (χ1n) is 8.75. The van der Waals surface area contributed by atoms with Gasteiger partial charge in [-0.25, -0.2) is 9.07 Å². The van der Waals surface area contributed by atoms with Gasteiger partial charge in [0.2, 0.25) is 5.91 Å². The first-order chi connectivity index (χ1) is 13.2. The van der Waals surface area contributed by atoms with Crippen molar-refractivity contribution in [2.45, 2.75) is 25.3 Å². The zero-order chi connectivity index (χ0) is 18.6. The molecule has 1 amide bonds. The van der Waals surface area contributed by atoms with E-state index in [1.807, 2.05) is 28.9 Å². The third kappa shape index (κ3) is 4.28. The molecule has 0 saturated heterocycles. The van der Waals surface area contributed by atoms with Crippen molar-refractivity contribution in [2.75, 3.05) is 11.9 Å². The second kappa shape index (κ2) is 7.53. The molecule has 7 nitrogen and oxygen atoms in total. The van der Waals surface area contributed by atoms with Crippen molar-refractivity contribution in [3.8, 4) is 17.1 Å². The largest absolute Gasteiger partial charge is 0.493 e. The van der Waals surface area contributed by atoms with Gasteiger partial charge in [-0.15, -0.1) is 5.10 Å². The fourth-order valence-corrected chi connectivity index (χ4v) is 2.69. The number of aromatic nitrogens is 4. The minimum absolute atomic E-state index is 0.165. The fourth-order valence-electron chi connectivity index (χ4n) is 2.69. The molecule has 1 saturated carbocycles. The number of nitrogens with one attached hydrogen (secondary N) is 1. The van der Waals surface area contributed by atoms with Crippen LogP contribution in [-0.2, 0) is 4.79 Å². The molecule has 0 radical (unpaired) electrons. The second-order valence-electron chi connectivity index (χ2n) is 6.36. The number of amides is 1. The Morgan fingerprint density at radius 2 is 2.04 bits per heavy atom. The number of ether oxygens (including phenoxy) is 1. The van der Waals surface area contributed by atoms with Crippen molar-refractivity contribution in [1.82, 2.24) is 20.2 Å². The first kappa shape index (κ1) is 17.1. The molecule has 0 bridgehead atoms. The van der Waals surface area contributed by atoms with Crippen LogP contribution < -0.4 is 10.1 Å². The summed E-state index contributed by atoms with van der Waals surface area (Å²) in [6, 6.07) is 13.6. The number of carbonyl (C=O) groups is 1. The van der Waals surface area contributed by atoms with Gasteiger partial charge in [-0.05, 0) is 59.7 Å². The summed E-state index contributed by atoms with van der Waals surface area (Å²) in [6.45, 7) is 0.170. The number of benzene rings is 2. The molecule has 1 aliphatic carbocycles. The smallest absolute Gasteiger partial charge is 0.227 e. The van der Waals surface area contributed by atoms with Crippen LogP contribution in [0.2, 0.25) is 0 Å². The molecule has 4 rings (SSSR count). The van der Waals surface area contributed by atoms with Crippen LogP contribution in [0.1, 0.15) is 25.3 Å². The molecule has 1 fully saturated rings. The monoisotopic (exact) mass is 367 g/mol. The lowest BCUT2D eigenvalue weighted by atomic mass is 10.2. The lowest BCUT2D eigenvalue weighted by Crippen LogP contribution is -2.15. The summed E-state index contributed by atoms with van der Waals surface area (Å²) in [6.07, 6.45) is 2.37. The number of hydrogen-bond acceptors (Lipinski definition) is 5. The summed E-state index contributed by atoms with van der Waals surface area (Å²) in [7, 11) is 0. The van der Waals surface area contributed by atoms with Gasteiger partial charge in [0.1, 0.15) is 11.6 Å². The standard InChI is InChI=1S/C19H18FN5O2/c20-14-2-1-3-17(12-14)27-11-10-18(26)21-15-6-4-13(5-7-15)19-22-23-24-25(19)16-8-9-16/h1-7,12,16H,8-11H2,(H,21,26). The molecular formula is C19H18FN5O2. The van der Waals surface area contributed by atoms with E-state index < -0.39 is 0 Å². The van der Waals surface area contributed by atoms with Gasteiger partial charge in [-0.1, -0.05) is 6.07 Å².